The van der Waals surface area contributed by atoms with Crippen molar-refractivity contribution in [2.75, 3.05) is 13.1 Å². The van der Waals surface area contributed by atoms with Crippen LogP contribution < -0.4 is 0 Å². The van der Waals surface area contributed by atoms with Crippen LogP contribution in [0.1, 0.15) is 57.6 Å². The number of halogens is 1. The topological polar surface area (TPSA) is 84.1 Å². The van der Waals surface area contributed by atoms with Crippen LogP contribution in [0.4, 0.5) is 5.69 Å². The van der Waals surface area contributed by atoms with Crippen molar-refractivity contribution >= 4 is 34.9 Å². The van der Waals surface area contributed by atoms with Crippen molar-refractivity contribution in [3.05, 3.63) is 70.0 Å². The first-order chi connectivity index (χ1) is 15.8. The number of rotatable bonds is 9. The molecule has 186 valence electrons. The second-order valence-corrected chi connectivity index (χ2v) is 8.98. The fourth-order valence-corrected chi connectivity index (χ4v) is 4.53. The van der Waals surface area contributed by atoms with E-state index in [4.69, 9.17) is 16.6 Å². The van der Waals surface area contributed by atoms with Gasteiger partial charge in [-0.1, -0.05) is 61.8 Å². The molecule has 0 spiro atoms. The van der Waals surface area contributed by atoms with Gasteiger partial charge in [0.15, 0.2) is 0 Å². The molecule has 2 atom stereocenters. The molecule has 1 saturated heterocycles. The Morgan fingerprint density at radius 2 is 1.91 bits per heavy atom. The molecule has 2 aromatic carbocycles. The zero-order valence-corrected chi connectivity index (χ0v) is 21.5. The third kappa shape index (κ3) is 6.47. The molecule has 1 aliphatic heterocycles. The maximum atomic E-state index is 13.4. The first kappa shape index (κ1) is 28.0. The average molecular weight is 528 g/mol. The smallest absolute Gasteiger partial charge is 0.305 e. The molecule has 8 heteroatoms. The number of likely N-dealkylation sites (tertiary alicyclic amines) is 1. The fourth-order valence-electron chi connectivity index (χ4n) is 4.35. The van der Waals surface area contributed by atoms with Gasteiger partial charge in [-0.3, -0.25) is 14.7 Å². The van der Waals surface area contributed by atoms with Gasteiger partial charge < -0.3 is 15.2 Å². The Morgan fingerprint density at radius 1 is 1.21 bits per heavy atom. The minimum absolute atomic E-state index is 0. The molecule has 1 fully saturated rings. The molecular formula is C26H31ClN3NiO3-. The monoisotopic (exact) mass is 526 g/mol. The number of aliphatic imine (C=N–C) groups is 1. The van der Waals surface area contributed by atoms with E-state index in [0.29, 0.717) is 28.4 Å². The number of carbonyl (C=O) groups is 2. The first-order valence-electron chi connectivity index (χ1n) is 11.4. The van der Waals surface area contributed by atoms with Gasteiger partial charge in [-0.05, 0) is 57.0 Å². The standard InChI is InChI=1S/C26H32ClN3O3.Ni/c1-4-20(17-23(31)32)28-24(18-10-7-6-8-11-18)21-16-19(27)12-13-22(21)29-25(33)26(3)14-9-15-30(26)5-2;/h6-8,10-13,16,20H,4-5,9,14-15,17H2,1-3H3,(H2,28,29,31,32,33);/p-1/t20-,26-;/m1./s1. The Labute approximate surface area is 216 Å². The second kappa shape index (κ2) is 12.5. The van der Waals surface area contributed by atoms with E-state index < -0.39 is 17.6 Å². The van der Waals surface area contributed by atoms with E-state index in [1.54, 1.807) is 18.2 Å². The molecule has 6 nitrogen and oxygen atoms in total. The number of amides is 1. The van der Waals surface area contributed by atoms with Crippen molar-refractivity contribution in [1.82, 2.24) is 4.90 Å². The van der Waals surface area contributed by atoms with E-state index in [0.717, 1.165) is 31.5 Å². The Morgan fingerprint density at radius 3 is 2.53 bits per heavy atom. The van der Waals surface area contributed by atoms with Gasteiger partial charge in [0.25, 0.3) is 0 Å². The van der Waals surface area contributed by atoms with Crippen molar-refractivity contribution in [2.24, 2.45) is 4.99 Å². The fraction of sp³-hybridized carbons (Fsp3) is 0.423. The van der Waals surface area contributed by atoms with Crippen LogP contribution in [0.3, 0.4) is 0 Å². The number of carboxylic acids is 1. The summed E-state index contributed by atoms with van der Waals surface area (Å²) in [5, 5.41) is 14.4. The molecule has 0 unspecified atom stereocenters. The molecule has 0 radical (unpaired) electrons. The minimum Gasteiger partial charge on any atom is -0.625 e. The summed E-state index contributed by atoms with van der Waals surface area (Å²) in [6.07, 6.45) is 2.21. The van der Waals surface area contributed by atoms with Crippen LogP contribution >= 0.6 is 11.6 Å². The van der Waals surface area contributed by atoms with E-state index in [1.165, 1.54) is 0 Å². The van der Waals surface area contributed by atoms with Crippen LogP contribution in [0.5, 0.6) is 0 Å². The first-order valence-corrected chi connectivity index (χ1v) is 11.8. The summed E-state index contributed by atoms with van der Waals surface area (Å²) in [7, 11) is 0. The summed E-state index contributed by atoms with van der Waals surface area (Å²) >= 11 is 6.36. The van der Waals surface area contributed by atoms with Gasteiger partial charge in [0, 0.05) is 27.1 Å². The van der Waals surface area contributed by atoms with Crippen molar-refractivity contribution in [3.63, 3.8) is 0 Å². The molecule has 0 saturated carbocycles. The van der Waals surface area contributed by atoms with Crippen LogP contribution in [0.15, 0.2) is 53.5 Å². The van der Waals surface area contributed by atoms with Crippen LogP contribution in [0, 0.1) is 0 Å². The van der Waals surface area contributed by atoms with Gasteiger partial charge in [0.2, 0.25) is 0 Å². The molecule has 0 aromatic heterocycles. The van der Waals surface area contributed by atoms with Gasteiger partial charge in [-0.15, -0.1) is 5.69 Å². The molecule has 1 aliphatic rings. The quantitative estimate of drug-likeness (QED) is 0.328. The number of nitrogens with zero attached hydrogens (tertiary/aromatic N) is 3. The molecule has 3 rings (SSSR count). The maximum absolute atomic E-state index is 13.4. The van der Waals surface area contributed by atoms with Gasteiger partial charge in [-0.25, -0.2) is 0 Å². The van der Waals surface area contributed by atoms with Crippen LogP contribution in [0.25, 0.3) is 5.32 Å². The largest absolute Gasteiger partial charge is 0.625 e. The summed E-state index contributed by atoms with van der Waals surface area (Å²) in [5.74, 6) is -1.09. The normalized spacial score (nSPS) is 19.4. The number of carboxylic acid groups (broad SMARTS) is 1. The van der Waals surface area contributed by atoms with Crippen LogP contribution in [0.2, 0.25) is 5.02 Å². The molecule has 1 amide bonds. The van der Waals surface area contributed by atoms with Gasteiger partial charge in [0.05, 0.1) is 29.6 Å². The number of hydrogen-bond donors (Lipinski definition) is 1. The number of aliphatic carboxylic acids is 1. The van der Waals surface area contributed by atoms with E-state index >= 15 is 0 Å². The molecule has 1 heterocycles. The minimum atomic E-state index is -0.905. The third-order valence-electron chi connectivity index (χ3n) is 6.31. The number of carbonyl (C=O) groups excluding carboxylic acids is 1. The number of likely N-dealkylation sites (N-methyl/N-ethyl adjacent to an activating group) is 1. The second-order valence-electron chi connectivity index (χ2n) is 8.54. The average Bonchev–Trinajstić information content (AvgIpc) is 3.20. The Kier molecular flexibility index (Phi) is 10.3. The summed E-state index contributed by atoms with van der Waals surface area (Å²) in [6.45, 7) is 7.59. The number of hydrogen-bond acceptors (Lipinski definition) is 4. The molecule has 2 aromatic rings. The zero-order valence-electron chi connectivity index (χ0n) is 19.7. The molecule has 0 aliphatic carbocycles. The van der Waals surface area contributed by atoms with Crippen LogP contribution in [-0.4, -0.2) is 52.3 Å². The van der Waals surface area contributed by atoms with Crippen molar-refractivity contribution in [2.45, 2.75) is 58.0 Å². The molecule has 1 N–H and O–H groups in total. The Hall–Kier alpha value is -2.21. The van der Waals surface area contributed by atoms with Crippen LogP contribution in [-0.2, 0) is 26.1 Å². The predicted octanol–water partition coefficient (Wildman–Crippen LogP) is 5.83. The summed E-state index contributed by atoms with van der Waals surface area (Å²) in [5.41, 5.74) is 1.87. The van der Waals surface area contributed by atoms with Crippen molar-refractivity contribution in [3.8, 4) is 0 Å². The summed E-state index contributed by atoms with van der Waals surface area (Å²) in [6, 6.07) is 14.3. The van der Waals surface area contributed by atoms with Gasteiger partial charge >= 0.3 is 5.97 Å². The third-order valence-corrected chi connectivity index (χ3v) is 6.54. The SMILES string of the molecule is CC[C@H](CC(=O)O)N=C(c1ccccc1)c1cc(Cl)ccc1[N-]C(=O)[C@@]1(C)CCCN1CC.[Ni]. The van der Waals surface area contributed by atoms with E-state index in [2.05, 4.69) is 17.1 Å². The van der Waals surface area contributed by atoms with E-state index in [1.807, 2.05) is 44.2 Å². The summed E-state index contributed by atoms with van der Waals surface area (Å²) < 4.78 is 0. The van der Waals surface area contributed by atoms with Crippen molar-refractivity contribution < 1.29 is 31.2 Å². The van der Waals surface area contributed by atoms with E-state index in [-0.39, 0.29) is 28.8 Å². The van der Waals surface area contributed by atoms with E-state index in [9.17, 15) is 14.7 Å². The number of benzene rings is 2. The van der Waals surface area contributed by atoms with Crippen molar-refractivity contribution in [1.29, 1.82) is 0 Å². The zero-order chi connectivity index (χ0) is 24.0. The van der Waals surface area contributed by atoms with Gasteiger partial charge in [-0.2, -0.15) is 0 Å². The maximum Gasteiger partial charge on any atom is 0.305 e. The predicted molar refractivity (Wildman–Crippen MR) is 133 cm³/mol. The Bertz CT molecular complexity index is 1030. The molecular weight excluding hydrogens is 496 g/mol. The van der Waals surface area contributed by atoms with Gasteiger partial charge in [0.1, 0.15) is 0 Å². The Balaban J connectivity index is 0.00000408. The molecule has 0 bridgehead atoms. The molecule has 34 heavy (non-hydrogen) atoms. The summed E-state index contributed by atoms with van der Waals surface area (Å²) in [4.78, 5) is 31.7.